The maximum Gasteiger partial charge on any atom is 0.225 e. The predicted octanol–water partition coefficient (Wildman–Crippen LogP) is 4.09. The first-order valence-electron chi connectivity index (χ1n) is 11.2. The van der Waals surface area contributed by atoms with E-state index in [1.165, 1.54) is 17.5 Å². The summed E-state index contributed by atoms with van der Waals surface area (Å²) in [4.78, 5) is 29.5. The zero-order valence-electron chi connectivity index (χ0n) is 17.5. The first-order valence-corrected chi connectivity index (χ1v) is 11.2. The summed E-state index contributed by atoms with van der Waals surface area (Å²) < 4.78 is 0. The van der Waals surface area contributed by atoms with E-state index in [0.717, 1.165) is 58.3 Å². The maximum absolute atomic E-state index is 12.8. The van der Waals surface area contributed by atoms with Crippen molar-refractivity contribution in [2.24, 2.45) is 5.92 Å². The second-order valence-electron chi connectivity index (χ2n) is 8.99. The number of fused-ring (bicyclic) bond motifs is 2. The molecule has 28 heavy (non-hydrogen) atoms. The Hall–Kier alpha value is -1.84. The van der Waals surface area contributed by atoms with Crippen molar-refractivity contribution in [2.75, 3.05) is 26.2 Å². The maximum atomic E-state index is 12.8. The van der Waals surface area contributed by atoms with Crippen molar-refractivity contribution < 1.29 is 9.59 Å². The lowest BCUT2D eigenvalue weighted by molar-refractivity contribution is -0.139. The topological polar surface area (TPSA) is 40.6 Å². The number of hydrogen-bond donors (Lipinski definition) is 0. The van der Waals surface area contributed by atoms with Gasteiger partial charge in [-0.2, -0.15) is 0 Å². The summed E-state index contributed by atoms with van der Waals surface area (Å²) >= 11 is 0. The molecule has 2 aliphatic carbocycles. The van der Waals surface area contributed by atoms with Crippen LogP contribution < -0.4 is 0 Å². The molecule has 1 saturated carbocycles. The van der Waals surface area contributed by atoms with E-state index in [0.29, 0.717) is 24.2 Å². The van der Waals surface area contributed by atoms with Gasteiger partial charge in [0.1, 0.15) is 0 Å². The van der Waals surface area contributed by atoms with Crippen molar-refractivity contribution >= 4 is 11.8 Å². The van der Waals surface area contributed by atoms with Gasteiger partial charge in [-0.05, 0) is 68.4 Å². The molecule has 1 spiro atoms. The lowest BCUT2D eigenvalue weighted by Crippen LogP contribution is -2.47. The van der Waals surface area contributed by atoms with E-state index in [9.17, 15) is 9.59 Å². The number of amides is 2. The number of benzene rings is 1. The fourth-order valence-electron chi connectivity index (χ4n) is 5.67. The van der Waals surface area contributed by atoms with Gasteiger partial charge in [-0.25, -0.2) is 0 Å². The van der Waals surface area contributed by atoms with Gasteiger partial charge in [0.2, 0.25) is 11.8 Å². The Morgan fingerprint density at radius 1 is 1.11 bits per heavy atom. The summed E-state index contributed by atoms with van der Waals surface area (Å²) in [5, 5.41) is 0. The minimum Gasteiger partial charge on any atom is -0.343 e. The fourth-order valence-corrected chi connectivity index (χ4v) is 5.67. The summed E-state index contributed by atoms with van der Waals surface area (Å²) in [6.07, 6.45) is 7.13. The van der Waals surface area contributed by atoms with Crippen molar-refractivity contribution in [1.29, 1.82) is 0 Å². The second-order valence-corrected chi connectivity index (χ2v) is 8.99. The Bertz CT molecular complexity index is 728. The van der Waals surface area contributed by atoms with Gasteiger partial charge < -0.3 is 9.80 Å². The van der Waals surface area contributed by atoms with Gasteiger partial charge in [-0.3, -0.25) is 9.59 Å². The first-order chi connectivity index (χ1) is 13.6. The highest BCUT2D eigenvalue weighted by Gasteiger charge is 2.46. The quantitative estimate of drug-likeness (QED) is 0.769. The number of hydrogen-bond acceptors (Lipinski definition) is 2. The van der Waals surface area contributed by atoms with Crippen molar-refractivity contribution in [3.05, 3.63) is 35.4 Å². The molecule has 0 aromatic heterocycles. The van der Waals surface area contributed by atoms with Gasteiger partial charge in [-0.15, -0.1) is 0 Å². The molecule has 0 N–H and O–H groups in total. The van der Waals surface area contributed by atoms with Crippen LogP contribution in [-0.2, 0) is 15.0 Å². The third-order valence-corrected chi connectivity index (χ3v) is 7.63. The molecule has 1 unspecified atom stereocenters. The molecule has 2 fully saturated rings. The summed E-state index contributed by atoms with van der Waals surface area (Å²) in [7, 11) is 0. The van der Waals surface area contributed by atoms with Crippen LogP contribution in [0.1, 0.15) is 75.8 Å². The summed E-state index contributed by atoms with van der Waals surface area (Å²) in [6, 6.07) is 8.76. The molecule has 4 heteroatoms. The van der Waals surface area contributed by atoms with Crippen LogP contribution in [-0.4, -0.2) is 47.8 Å². The molecule has 1 heterocycles. The Balaban J connectivity index is 1.48. The summed E-state index contributed by atoms with van der Waals surface area (Å²) in [5.74, 6) is 1.28. The molecule has 4 nitrogen and oxygen atoms in total. The van der Waals surface area contributed by atoms with Crippen molar-refractivity contribution in [2.45, 2.75) is 70.1 Å². The van der Waals surface area contributed by atoms with Crippen LogP contribution in [0.4, 0.5) is 0 Å². The molecule has 0 bridgehead atoms. The molecule has 1 aliphatic heterocycles. The van der Waals surface area contributed by atoms with Gasteiger partial charge in [0.25, 0.3) is 0 Å². The minimum atomic E-state index is 0.154. The third-order valence-electron chi connectivity index (χ3n) is 7.63. The second kappa shape index (κ2) is 7.88. The van der Waals surface area contributed by atoms with Crippen LogP contribution in [0.5, 0.6) is 0 Å². The number of carbonyl (C=O) groups excluding carboxylic acids is 2. The summed E-state index contributed by atoms with van der Waals surface area (Å²) in [6.45, 7) is 7.43. The van der Waals surface area contributed by atoms with E-state index in [4.69, 9.17) is 0 Å². The normalized spacial score (nSPS) is 23.4. The highest BCUT2D eigenvalue weighted by atomic mass is 16.2. The number of carbonyl (C=O) groups is 2. The average Bonchev–Trinajstić information content (AvgIpc) is 2.95. The van der Waals surface area contributed by atoms with Crippen LogP contribution in [0.25, 0.3) is 0 Å². The Labute approximate surface area is 169 Å². The molecule has 1 aromatic carbocycles. The number of likely N-dealkylation sites (tertiary alicyclic amines) is 1. The molecule has 152 valence electrons. The lowest BCUT2D eigenvalue weighted by Gasteiger charge is -2.42. The van der Waals surface area contributed by atoms with Crippen LogP contribution >= 0.6 is 0 Å². The molecule has 4 rings (SSSR count). The molecule has 1 atom stereocenters. The van der Waals surface area contributed by atoms with E-state index in [1.54, 1.807) is 0 Å². The number of nitrogens with zero attached hydrogens (tertiary/aromatic N) is 2. The zero-order valence-corrected chi connectivity index (χ0v) is 17.5. The van der Waals surface area contributed by atoms with Gasteiger partial charge in [0.15, 0.2) is 0 Å². The van der Waals surface area contributed by atoms with Crippen LogP contribution in [0, 0.1) is 5.92 Å². The summed E-state index contributed by atoms with van der Waals surface area (Å²) in [5.41, 5.74) is 2.98. The monoisotopic (exact) mass is 382 g/mol. The van der Waals surface area contributed by atoms with Crippen LogP contribution in [0.15, 0.2) is 24.3 Å². The standard InChI is InChI=1S/C24H34N2O2/c1-3-25(4-2)22(27)16-19-17-24(21-11-6-5-10-20(19)21)12-14-26(15-13-24)23(28)18-8-7-9-18/h5-6,10-11,18-19H,3-4,7-9,12-17H2,1-2H3. The molecular formula is C24H34N2O2. The van der Waals surface area contributed by atoms with Gasteiger partial charge in [0, 0.05) is 38.5 Å². The zero-order chi connectivity index (χ0) is 19.7. The van der Waals surface area contributed by atoms with E-state index in [-0.39, 0.29) is 11.3 Å². The minimum absolute atomic E-state index is 0.154. The highest BCUT2D eigenvalue weighted by molar-refractivity contribution is 5.80. The number of rotatable bonds is 5. The smallest absolute Gasteiger partial charge is 0.225 e. The van der Waals surface area contributed by atoms with Gasteiger partial charge in [-0.1, -0.05) is 30.7 Å². The third kappa shape index (κ3) is 3.35. The van der Waals surface area contributed by atoms with Crippen molar-refractivity contribution in [3.63, 3.8) is 0 Å². The largest absolute Gasteiger partial charge is 0.343 e. The van der Waals surface area contributed by atoms with Crippen LogP contribution in [0.3, 0.4) is 0 Å². The number of piperidine rings is 1. The molecule has 0 radical (unpaired) electrons. The SMILES string of the molecule is CCN(CC)C(=O)CC1CC2(CCN(C(=O)C3CCC3)CC2)c2ccccc21. The van der Waals surface area contributed by atoms with E-state index in [1.807, 2.05) is 4.90 Å². The highest BCUT2D eigenvalue weighted by Crippen LogP contribution is 2.53. The fraction of sp³-hybridized carbons (Fsp3) is 0.667. The van der Waals surface area contributed by atoms with E-state index in [2.05, 4.69) is 43.0 Å². The molecular weight excluding hydrogens is 348 g/mol. The van der Waals surface area contributed by atoms with Crippen molar-refractivity contribution in [1.82, 2.24) is 9.80 Å². The Morgan fingerprint density at radius 3 is 2.39 bits per heavy atom. The van der Waals surface area contributed by atoms with Crippen LogP contribution in [0.2, 0.25) is 0 Å². The molecule has 3 aliphatic rings. The van der Waals surface area contributed by atoms with Crippen molar-refractivity contribution in [3.8, 4) is 0 Å². The van der Waals surface area contributed by atoms with E-state index >= 15 is 0 Å². The van der Waals surface area contributed by atoms with Gasteiger partial charge in [0.05, 0.1) is 0 Å². The molecule has 2 amide bonds. The molecule has 1 aromatic rings. The Morgan fingerprint density at radius 2 is 1.79 bits per heavy atom. The molecule has 1 saturated heterocycles. The predicted molar refractivity (Wildman–Crippen MR) is 111 cm³/mol. The lowest BCUT2D eigenvalue weighted by atomic mass is 9.72. The van der Waals surface area contributed by atoms with Gasteiger partial charge >= 0.3 is 0 Å². The first kappa shape index (κ1) is 19.5. The van der Waals surface area contributed by atoms with E-state index < -0.39 is 0 Å². The average molecular weight is 383 g/mol. The Kier molecular flexibility index (Phi) is 5.48.